The molecule has 0 amide bonds. The van der Waals surface area contributed by atoms with Crippen LogP contribution in [0.25, 0.3) is 0 Å². The predicted molar refractivity (Wildman–Crippen MR) is 132 cm³/mol. The average Bonchev–Trinajstić information content (AvgIpc) is 2.79. The number of benzene rings is 3. The van der Waals surface area contributed by atoms with E-state index >= 15 is 0 Å². The van der Waals surface area contributed by atoms with E-state index in [0.717, 1.165) is 0 Å². The molecule has 1 aliphatic rings. The van der Waals surface area contributed by atoms with Gasteiger partial charge in [0.15, 0.2) is 0 Å². The van der Waals surface area contributed by atoms with Gasteiger partial charge in [-0.2, -0.15) is 4.31 Å². The van der Waals surface area contributed by atoms with Crippen molar-refractivity contribution in [2.45, 2.75) is 23.4 Å². The van der Waals surface area contributed by atoms with Gasteiger partial charge in [-0.3, -0.25) is 0 Å². The van der Waals surface area contributed by atoms with E-state index in [4.69, 9.17) is 23.2 Å². The Bertz CT molecular complexity index is 1330. The van der Waals surface area contributed by atoms with Crippen molar-refractivity contribution in [2.75, 3.05) is 0 Å². The van der Waals surface area contributed by atoms with E-state index in [1.54, 1.807) is 54.6 Å². The van der Waals surface area contributed by atoms with Gasteiger partial charge in [0.2, 0.25) is 10.0 Å². The lowest BCUT2D eigenvalue weighted by Gasteiger charge is -2.40. The van der Waals surface area contributed by atoms with E-state index in [2.05, 4.69) is 15.9 Å². The first kappa shape index (κ1) is 24.0. The van der Waals surface area contributed by atoms with Crippen molar-refractivity contribution in [3.8, 4) is 0 Å². The third kappa shape index (κ3) is 4.88. The summed E-state index contributed by atoms with van der Waals surface area (Å²) in [5.74, 6) is -1.18. The van der Waals surface area contributed by atoms with Crippen LogP contribution in [0.4, 0.5) is 0 Å². The third-order valence-corrected chi connectivity index (χ3v) is 8.36. The zero-order valence-electron chi connectivity index (χ0n) is 17.0. The summed E-state index contributed by atoms with van der Waals surface area (Å²) in [5.41, 5.74) is 1.24. The number of hydrogen-bond acceptors (Lipinski definition) is 3. The van der Waals surface area contributed by atoms with Crippen molar-refractivity contribution < 1.29 is 18.3 Å². The first-order valence-corrected chi connectivity index (χ1v) is 12.9. The summed E-state index contributed by atoms with van der Waals surface area (Å²) in [6, 6.07) is 18.0. The van der Waals surface area contributed by atoms with Crippen LogP contribution in [0.15, 0.2) is 93.8 Å². The van der Waals surface area contributed by atoms with E-state index in [1.807, 2.05) is 0 Å². The minimum absolute atomic E-state index is 0.00384. The number of carboxylic acids is 1. The van der Waals surface area contributed by atoms with Crippen molar-refractivity contribution >= 4 is 55.1 Å². The Morgan fingerprint density at radius 2 is 1.55 bits per heavy atom. The number of sulfonamides is 1. The van der Waals surface area contributed by atoms with Gasteiger partial charge >= 0.3 is 5.97 Å². The number of carbonyl (C=O) groups is 1. The number of aliphatic carboxylic acids is 1. The van der Waals surface area contributed by atoms with Gasteiger partial charge in [-0.25, -0.2) is 13.2 Å². The first-order chi connectivity index (χ1) is 15.7. The van der Waals surface area contributed by atoms with Gasteiger partial charge in [0.25, 0.3) is 0 Å². The van der Waals surface area contributed by atoms with Gasteiger partial charge in [-0.05, 0) is 66.1 Å². The molecule has 2 atom stereocenters. The first-order valence-electron chi connectivity index (χ1n) is 9.92. The second-order valence-corrected chi connectivity index (χ2v) is 11.1. The van der Waals surface area contributed by atoms with Crippen LogP contribution in [0.2, 0.25) is 10.0 Å². The van der Waals surface area contributed by atoms with E-state index < -0.39 is 28.1 Å². The van der Waals surface area contributed by atoms with Crippen LogP contribution in [-0.4, -0.2) is 23.8 Å². The van der Waals surface area contributed by atoms with E-state index in [-0.39, 0.29) is 16.9 Å². The molecule has 0 fully saturated rings. The molecule has 0 radical (unpaired) electrons. The fraction of sp³-hybridized carbons (Fsp3) is 0.125. The lowest BCUT2D eigenvalue weighted by molar-refractivity contribution is -0.133. The Balaban J connectivity index is 1.97. The Kier molecular flexibility index (Phi) is 6.98. The summed E-state index contributed by atoms with van der Waals surface area (Å²) < 4.78 is 30.0. The fourth-order valence-corrected chi connectivity index (χ4v) is 6.43. The molecule has 33 heavy (non-hydrogen) atoms. The maximum atomic E-state index is 14.0. The van der Waals surface area contributed by atoms with E-state index in [9.17, 15) is 18.3 Å². The van der Waals surface area contributed by atoms with Gasteiger partial charge in [0.1, 0.15) is 0 Å². The topological polar surface area (TPSA) is 74.7 Å². The Labute approximate surface area is 210 Å². The molecule has 1 unspecified atom stereocenters. The number of nitrogens with zero attached hydrogens (tertiary/aromatic N) is 1. The molecule has 0 aliphatic carbocycles. The smallest absolute Gasteiger partial charge is 0.333 e. The van der Waals surface area contributed by atoms with Gasteiger partial charge in [-0.15, -0.1) is 0 Å². The fourth-order valence-electron chi connectivity index (χ4n) is 3.98. The van der Waals surface area contributed by atoms with Crippen LogP contribution < -0.4 is 0 Å². The molecule has 1 N–H and O–H groups in total. The molecule has 3 aromatic rings. The quantitative estimate of drug-likeness (QED) is 0.375. The van der Waals surface area contributed by atoms with Gasteiger partial charge in [-0.1, -0.05) is 69.5 Å². The standard InChI is InChI=1S/C24H18BrCl2NO4S/c25-17-3-1-2-16(14-17)23-21(24(29)30)12-13-22(15-4-6-18(26)7-5-15)28(23)33(31,32)20-10-8-19(27)9-11-20/h1-12,14,22-23H,13H2,(H,29,30)/t22?,23-/m0/s1. The minimum atomic E-state index is -4.14. The Morgan fingerprint density at radius 1 is 0.939 bits per heavy atom. The summed E-state index contributed by atoms with van der Waals surface area (Å²) in [6.07, 6.45) is 1.79. The zero-order chi connectivity index (χ0) is 23.8. The minimum Gasteiger partial charge on any atom is -0.478 e. The zero-order valence-corrected chi connectivity index (χ0v) is 20.9. The second-order valence-electron chi connectivity index (χ2n) is 7.51. The molecule has 3 aromatic carbocycles. The largest absolute Gasteiger partial charge is 0.478 e. The molecule has 0 aromatic heterocycles. The molecule has 0 saturated heterocycles. The van der Waals surface area contributed by atoms with Crippen LogP contribution in [0.3, 0.4) is 0 Å². The molecule has 9 heteroatoms. The molecule has 5 nitrogen and oxygen atoms in total. The van der Waals surface area contributed by atoms with Crippen LogP contribution in [-0.2, 0) is 14.8 Å². The lowest BCUT2D eigenvalue weighted by Crippen LogP contribution is -2.42. The summed E-state index contributed by atoms with van der Waals surface area (Å²) in [6.45, 7) is 0. The molecule has 0 bridgehead atoms. The molecular formula is C24H18BrCl2NO4S. The number of hydrogen-bond donors (Lipinski definition) is 1. The summed E-state index contributed by atoms with van der Waals surface area (Å²) in [4.78, 5) is 12.3. The molecule has 0 saturated carbocycles. The van der Waals surface area contributed by atoms with E-state index in [0.29, 0.717) is 25.6 Å². The van der Waals surface area contributed by atoms with Crippen LogP contribution in [0, 0.1) is 0 Å². The molecular weight excluding hydrogens is 549 g/mol. The van der Waals surface area contributed by atoms with Crippen LogP contribution >= 0.6 is 39.1 Å². The maximum Gasteiger partial charge on any atom is 0.333 e. The monoisotopic (exact) mass is 565 g/mol. The number of halogens is 3. The predicted octanol–water partition coefficient (Wildman–Crippen LogP) is 6.64. The summed E-state index contributed by atoms with van der Waals surface area (Å²) >= 11 is 15.4. The molecule has 170 valence electrons. The van der Waals surface area contributed by atoms with Gasteiger partial charge in [0.05, 0.1) is 22.6 Å². The molecule has 1 heterocycles. The molecule has 1 aliphatic heterocycles. The lowest BCUT2D eigenvalue weighted by atomic mass is 9.89. The normalized spacial score (nSPS) is 19.2. The van der Waals surface area contributed by atoms with E-state index in [1.165, 1.54) is 28.6 Å². The van der Waals surface area contributed by atoms with Crippen molar-refractivity contribution in [1.82, 2.24) is 4.31 Å². The Hall–Kier alpha value is -2.16. The summed E-state index contributed by atoms with van der Waals surface area (Å²) in [5, 5.41) is 10.9. The van der Waals surface area contributed by atoms with Crippen molar-refractivity contribution in [3.63, 3.8) is 0 Å². The van der Waals surface area contributed by atoms with Gasteiger partial charge in [0, 0.05) is 14.5 Å². The van der Waals surface area contributed by atoms with Crippen LogP contribution in [0.1, 0.15) is 29.6 Å². The second kappa shape index (κ2) is 9.60. The molecule has 0 spiro atoms. The average molecular weight is 567 g/mol. The number of rotatable bonds is 5. The highest BCUT2D eigenvalue weighted by Gasteiger charge is 2.44. The summed E-state index contributed by atoms with van der Waals surface area (Å²) in [7, 11) is -4.14. The SMILES string of the molecule is O=C(O)C1=CCC(c2ccc(Cl)cc2)N(S(=O)(=O)c2ccc(Cl)cc2)[C@H]1c1cccc(Br)c1. The maximum absolute atomic E-state index is 14.0. The van der Waals surface area contributed by atoms with Gasteiger partial charge < -0.3 is 5.11 Å². The Morgan fingerprint density at radius 3 is 2.12 bits per heavy atom. The molecule has 4 rings (SSSR count). The third-order valence-electron chi connectivity index (χ3n) is 5.47. The highest BCUT2D eigenvalue weighted by molar-refractivity contribution is 9.10. The van der Waals surface area contributed by atoms with Crippen molar-refractivity contribution in [2.24, 2.45) is 0 Å². The van der Waals surface area contributed by atoms with Crippen molar-refractivity contribution in [3.05, 3.63) is 110 Å². The van der Waals surface area contributed by atoms with Crippen LogP contribution in [0.5, 0.6) is 0 Å². The highest BCUT2D eigenvalue weighted by atomic mass is 79.9. The number of carboxylic acid groups (broad SMARTS) is 1. The highest BCUT2D eigenvalue weighted by Crippen LogP contribution is 2.46. The van der Waals surface area contributed by atoms with Crippen molar-refractivity contribution in [1.29, 1.82) is 0 Å².